The number of hydrogen-bond acceptors (Lipinski definition) is 3. The standard InChI is InChI=1S/C11H25NO2/c1-6-10(12)9(2)14-8-7-11(3,4)13-5/h9-10H,6-8,12H2,1-5H3. The Hall–Kier alpha value is -0.120. The van der Waals surface area contributed by atoms with Gasteiger partial charge in [-0.15, -0.1) is 0 Å². The van der Waals surface area contributed by atoms with Crippen LogP contribution in [0.3, 0.4) is 0 Å². The number of nitrogens with two attached hydrogens (primary N) is 1. The predicted molar refractivity (Wildman–Crippen MR) is 59.4 cm³/mol. The molecule has 0 bridgehead atoms. The lowest BCUT2D eigenvalue weighted by Gasteiger charge is -2.25. The van der Waals surface area contributed by atoms with Gasteiger partial charge in [0.15, 0.2) is 0 Å². The SMILES string of the molecule is CCC(N)C(C)OCCC(C)(C)OC. The summed E-state index contributed by atoms with van der Waals surface area (Å²) in [5.41, 5.74) is 5.74. The van der Waals surface area contributed by atoms with Crippen LogP contribution in [0.4, 0.5) is 0 Å². The lowest BCUT2D eigenvalue weighted by atomic mass is 10.1. The Morgan fingerprint density at radius 3 is 2.36 bits per heavy atom. The molecule has 0 heterocycles. The topological polar surface area (TPSA) is 44.5 Å². The van der Waals surface area contributed by atoms with Gasteiger partial charge >= 0.3 is 0 Å². The molecule has 0 amide bonds. The van der Waals surface area contributed by atoms with Crippen molar-refractivity contribution < 1.29 is 9.47 Å². The highest BCUT2D eigenvalue weighted by Crippen LogP contribution is 2.13. The van der Waals surface area contributed by atoms with E-state index in [2.05, 4.69) is 20.8 Å². The molecule has 3 heteroatoms. The first-order chi connectivity index (χ1) is 6.43. The lowest BCUT2D eigenvalue weighted by Crippen LogP contribution is -2.35. The van der Waals surface area contributed by atoms with E-state index < -0.39 is 0 Å². The van der Waals surface area contributed by atoms with Crippen LogP contribution in [0.1, 0.15) is 40.5 Å². The molecule has 0 saturated heterocycles. The van der Waals surface area contributed by atoms with E-state index in [4.69, 9.17) is 15.2 Å². The minimum absolute atomic E-state index is 0.101. The van der Waals surface area contributed by atoms with Crippen molar-refractivity contribution in [3.8, 4) is 0 Å². The van der Waals surface area contributed by atoms with E-state index in [0.717, 1.165) is 12.8 Å². The van der Waals surface area contributed by atoms with Gasteiger partial charge in [0.2, 0.25) is 0 Å². The quantitative estimate of drug-likeness (QED) is 0.687. The van der Waals surface area contributed by atoms with E-state index in [1.54, 1.807) is 7.11 Å². The first kappa shape index (κ1) is 13.9. The van der Waals surface area contributed by atoms with Crippen molar-refractivity contribution in [1.82, 2.24) is 0 Å². The molecular weight excluding hydrogens is 178 g/mol. The summed E-state index contributed by atoms with van der Waals surface area (Å²) in [5.74, 6) is 0. The van der Waals surface area contributed by atoms with Crippen LogP contribution in [0.5, 0.6) is 0 Å². The van der Waals surface area contributed by atoms with Gasteiger partial charge in [0.25, 0.3) is 0 Å². The Balaban J connectivity index is 3.63. The fourth-order valence-corrected chi connectivity index (χ4v) is 1.05. The molecule has 0 aliphatic carbocycles. The van der Waals surface area contributed by atoms with Crippen LogP contribution in [0.15, 0.2) is 0 Å². The van der Waals surface area contributed by atoms with E-state index in [0.29, 0.717) is 6.61 Å². The summed E-state index contributed by atoms with van der Waals surface area (Å²) in [4.78, 5) is 0. The van der Waals surface area contributed by atoms with Crippen LogP contribution in [0.25, 0.3) is 0 Å². The molecule has 0 fully saturated rings. The van der Waals surface area contributed by atoms with E-state index in [1.807, 2.05) is 6.92 Å². The maximum atomic E-state index is 5.84. The van der Waals surface area contributed by atoms with Gasteiger partial charge in [-0.1, -0.05) is 6.92 Å². The first-order valence-corrected chi connectivity index (χ1v) is 5.35. The third-order valence-corrected chi connectivity index (χ3v) is 2.71. The Labute approximate surface area is 88.0 Å². The normalized spacial score (nSPS) is 16.7. The minimum Gasteiger partial charge on any atom is -0.379 e. The lowest BCUT2D eigenvalue weighted by molar-refractivity contribution is -0.0279. The first-order valence-electron chi connectivity index (χ1n) is 5.35. The zero-order chi connectivity index (χ0) is 11.2. The van der Waals surface area contributed by atoms with Crippen LogP contribution in [0, 0.1) is 0 Å². The van der Waals surface area contributed by atoms with E-state index in [1.165, 1.54) is 0 Å². The number of rotatable bonds is 7. The molecule has 0 aromatic carbocycles. The molecule has 0 aliphatic heterocycles. The third-order valence-electron chi connectivity index (χ3n) is 2.71. The van der Waals surface area contributed by atoms with Crippen molar-refractivity contribution in [3.05, 3.63) is 0 Å². The van der Waals surface area contributed by atoms with Crippen LogP contribution in [-0.4, -0.2) is 31.5 Å². The van der Waals surface area contributed by atoms with E-state index in [9.17, 15) is 0 Å². The predicted octanol–water partition coefficient (Wildman–Crippen LogP) is 1.94. The second kappa shape index (κ2) is 6.38. The molecule has 0 aromatic heterocycles. The third kappa shape index (κ3) is 5.58. The Kier molecular flexibility index (Phi) is 6.33. The van der Waals surface area contributed by atoms with Crippen molar-refractivity contribution in [1.29, 1.82) is 0 Å². The van der Waals surface area contributed by atoms with Crippen molar-refractivity contribution in [2.75, 3.05) is 13.7 Å². The van der Waals surface area contributed by atoms with Gasteiger partial charge < -0.3 is 15.2 Å². The molecule has 2 atom stereocenters. The second-order valence-corrected chi connectivity index (χ2v) is 4.36. The number of hydrogen-bond donors (Lipinski definition) is 1. The molecule has 3 nitrogen and oxygen atoms in total. The molecule has 0 aromatic rings. The van der Waals surface area contributed by atoms with Gasteiger partial charge in [-0.25, -0.2) is 0 Å². The smallest absolute Gasteiger partial charge is 0.0697 e. The fraction of sp³-hybridized carbons (Fsp3) is 1.00. The Bertz CT molecular complexity index is 148. The van der Waals surface area contributed by atoms with Crippen LogP contribution >= 0.6 is 0 Å². The number of ether oxygens (including phenoxy) is 2. The number of methoxy groups -OCH3 is 1. The minimum atomic E-state index is -0.101. The van der Waals surface area contributed by atoms with Crippen LogP contribution in [-0.2, 0) is 9.47 Å². The summed E-state index contributed by atoms with van der Waals surface area (Å²) in [6.07, 6.45) is 1.98. The van der Waals surface area contributed by atoms with Crippen molar-refractivity contribution >= 4 is 0 Å². The van der Waals surface area contributed by atoms with Gasteiger partial charge in [-0.3, -0.25) is 0 Å². The van der Waals surface area contributed by atoms with E-state index >= 15 is 0 Å². The molecule has 14 heavy (non-hydrogen) atoms. The summed E-state index contributed by atoms with van der Waals surface area (Å²) in [6.45, 7) is 8.91. The molecule has 2 N–H and O–H groups in total. The molecule has 0 radical (unpaired) electrons. The average Bonchev–Trinajstić information content (AvgIpc) is 2.16. The van der Waals surface area contributed by atoms with Crippen molar-refractivity contribution in [2.24, 2.45) is 5.73 Å². The van der Waals surface area contributed by atoms with Gasteiger partial charge in [-0.2, -0.15) is 0 Å². The summed E-state index contributed by atoms with van der Waals surface area (Å²) >= 11 is 0. The fourth-order valence-electron chi connectivity index (χ4n) is 1.05. The van der Waals surface area contributed by atoms with Crippen molar-refractivity contribution in [3.63, 3.8) is 0 Å². The maximum Gasteiger partial charge on any atom is 0.0697 e. The highest BCUT2D eigenvalue weighted by molar-refractivity contribution is 4.70. The van der Waals surface area contributed by atoms with Crippen LogP contribution in [0.2, 0.25) is 0 Å². The summed E-state index contributed by atoms with van der Waals surface area (Å²) in [5, 5.41) is 0. The Morgan fingerprint density at radius 1 is 1.36 bits per heavy atom. The zero-order valence-electron chi connectivity index (χ0n) is 10.2. The molecule has 86 valence electrons. The van der Waals surface area contributed by atoms with Crippen LogP contribution < -0.4 is 5.73 Å². The maximum absolute atomic E-state index is 5.84. The summed E-state index contributed by atoms with van der Waals surface area (Å²) in [7, 11) is 1.72. The molecule has 0 rings (SSSR count). The molecule has 0 spiro atoms. The monoisotopic (exact) mass is 203 g/mol. The van der Waals surface area contributed by atoms with Crippen molar-refractivity contribution in [2.45, 2.75) is 58.3 Å². The molecule has 0 aliphatic rings. The second-order valence-electron chi connectivity index (χ2n) is 4.36. The zero-order valence-corrected chi connectivity index (χ0v) is 10.2. The average molecular weight is 203 g/mol. The highest BCUT2D eigenvalue weighted by Gasteiger charge is 2.17. The highest BCUT2D eigenvalue weighted by atomic mass is 16.5. The van der Waals surface area contributed by atoms with Gasteiger partial charge in [0.1, 0.15) is 0 Å². The van der Waals surface area contributed by atoms with E-state index in [-0.39, 0.29) is 17.7 Å². The van der Waals surface area contributed by atoms with Gasteiger partial charge in [0, 0.05) is 19.8 Å². The Morgan fingerprint density at radius 2 is 1.93 bits per heavy atom. The van der Waals surface area contributed by atoms with Gasteiger partial charge in [-0.05, 0) is 33.6 Å². The van der Waals surface area contributed by atoms with Gasteiger partial charge in [0.05, 0.1) is 11.7 Å². The molecule has 2 unspecified atom stereocenters. The molecule has 0 saturated carbocycles. The summed E-state index contributed by atoms with van der Waals surface area (Å²) in [6, 6.07) is 0.139. The summed E-state index contributed by atoms with van der Waals surface area (Å²) < 4.78 is 10.9. The largest absolute Gasteiger partial charge is 0.379 e. The molecular formula is C11H25NO2.